The summed E-state index contributed by atoms with van der Waals surface area (Å²) in [5, 5.41) is 0. The van der Waals surface area contributed by atoms with Crippen LogP contribution in [0.5, 0.6) is 0 Å². The van der Waals surface area contributed by atoms with E-state index in [4.69, 9.17) is 5.73 Å². The molecule has 0 atom stereocenters. The van der Waals surface area contributed by atoms with Crippen LogP contribution >= 0.6 is 0 Å². The Morgan fingerprint density at radius 1 is 1.55 bits per heavy atom. The average Bonchev–Trinajstić information content (AvgIpc) is 2.00. The predicted molar refractivity (Wildman–Crippen MR) is 50.0 cm³/mol. The second kappa shape index (κ2) is 4.06. The van der Waals surface area contributed by atoms with Crippen molar-refractivity contribution in [2.45, 2.75) is 26.8 Å². The summed E-state index contributed by atoms with van der Waals surface area (Å²) >= 11 is 0. The fourth-order valence-corrected chi connectivity index (χ4v) is 0.739. The van der Waals surface area contributed by atoms with Gasteiger partial charge < -0.3 is 10.6 Å². The molecule has 0 unspecified atom stereocenters. The zero-order valence-corrected chi connectivity index (χ0v) is 7.89. The Kier molecular flexibility index (Phi) is 3.72. The van der Waals surface area contributed by atoms with Crippen LogP contribution in [0.25, 0.3) is 0 Å². The van der Waals surface area contributed by atoms with Crippen LogP contribution in [-0.4, -0.2) is 18.0 Å². The van der Waals surface area contributed by atoms with Crippen molar-refractivity contribution >= 4 is 0 Å². The maximum Gasteiger partial charge on any atom is 0.0500 e. The van der Waals surface area contributed by atoms with Gasteiger partial charge in [0.1, 0.15) is 0 Å². The van der Waals surface area contributed by atoms with Crippen LogP contribution in [0, 0.1) is 0 Å². The van der Waals surface area contributed by atoms with Gasteiger partial charge in [0.15, 0.2) is 0 Å². The zero-order chi connectivity index (χ0) is 9.02. The normalized spacial score (nSPS) is 12.8. The lowest BCUT2D eigenvalue weighted by Gasteiger charge is -2.25. The van der Waals surface area contributed by atoms with Crippen LogP contribution in [0.15, 0.2) is 24.0 Å². The number of nitrogens with zero attached hydrogens (tertiary/aromatic N) is 1. The minimum Gasteiger partial charge on any atom is -0.397 e. The van der Waals surface area contributed by atoms with Gasteiger partial charge in [-0.05, 0) is 26.8 Å². The van der Waals surface area contributed by atoms with E-state index >= 15 is 0 Å². The molecule has 64 valence electrons. The zero-order valence-electron chi connectivity index (χ0n) is 7.89. The van der Waals surface area contributed by atoms with Gasteiger partial charge in [0.25, 0.3) is 0 Å². The van der Waals surface area contributed by atoms with Crippen LogP contribution in [0.1, 0.15) is 20.8 Å². The highest BCUT2D eigenvalue weighted by Crippen LogP contribution is 2.07. The summed E-state index contributed by atoms with van der Waals surface area (Å²) in [6.45, 7) is 9.86. The van der Waals surface area contributed by atoms with Gasteiger partial charge in [-0.1, -0.05) is 6.58 Å². The van der Waals surface area contributed by atoms with Crippen molar-refractivity contribution in [3.8, 4) is 0 Å². The molecule has 0 aliphatic carbocycles. The first-order valence-electron chi connectivity index (χ1n) is 3.82. The fourth-order valence-electron chi connectivity index (χ4n) is 0.739. The van der Waals surface area contributed by atoms with E-state index in [9.17, 15) is 0 Å². The molecule has 0 saturated carbocycles. The first kappa shape index (κ1) is 10.1. The highest BCUT2D eigenvalue weighted by Gasteiger charge is 2.04. The van der Waals surface area contributed by atoms with E-state index < -0.39 is 0 Å². The van der Waals surface area contributed by atoms with Gasteiger partial charge in [-0.15, -0.1) is 0 Å². The minimum absolute atomic E-state index is 0.480. The quantitative estimate of drug-likeness (QED) is 0.627. The van der Waals surface area contributed by atoms with Gasteiger partial charge in [0, 0.05) is 24.5 Å². The van der Waals surface area contributed by atoms with Crippen LogP contribution < -0.4 is 5.73 Å². The van der Waals surface area contributed by atoms with E-state index in [-0.39, 0.29) is 0 Å². The Balaban J connectivity index is 4.45. The lowest BCUT2D eigenvalue weighted by Crippen LogP contribution is -2.26. The van der Waals surface area contributed by atoms with Crippen molar-refractivity contribution in [2.24, 2.45) is 5.73 Å². The predicted octanol–water partition coefficient (Wildman–Crippen LogP) is 1.70. The molecule has 0 saturated heterocycles. The van der Waals surface area contributed by atoms with Crippen molar-refractivity contribution in [3.63, 3.8) is 0 Å². The minimum atomic E-state index is 0.480. The van der Waals surface area contributed by atoms with Gasteiger partial charge in [-0.2, -0.15) is 0 Å². The summed E-state index contributed by atoms with van der Waals surface area (Å²) in [6.07, 6.45) is 1.67. The number of nitrogens with two attached hydrogens (primary N) is 1. The standard InChI is InChI=1S/C9H18N2/c1-6-9(10)8(4)11(5)7(2)3/h6-7H,1,10H2,2-5H3/b9-8+. The summed E-state index contributed by atoms with van der Waals surface area (Å²) in [5.41, 5.74) is 7.50. The first-order valence-corrected chi connectivity index (χ1v) is 3.82. The number of hydrogen-bond acceptors (Lipinski definition) is 2. The molecule has 0 aromatic rings. The number of hydrogen-bond donors (Lipinski definition) is 1. The molecule has 2 nitrogen and oxygen atoms in total. The van der Waals surface area contributed by atoms with Gasteiger partial charge in [0.05, 0.1) is 0 Å². The Labute approximate surface area is 69.4 Å². The monoisotopic (exact) mass is 154 g/mol. The highest BCUT2D eigenvalue weighted by molar-refractivity contribution is 5.18. The third kappa shape index (κ3) is 2.66. The lowest BCUT2D eigenvalue weighted by atomic mass is 10.2. The number of allylic oxidation sites excluding steroid dienone is 2. The van der Waals surface area contributed by atoms with E-state index in [1.54, 1.807) is 6.08 Å². The Morgan fingerprint density at radius 3 is 2.27 bits per heavy atom. The van der Waals surface area contributed by atoms with Gasteiger partial charge in [0.2, 0.25) is 0 Å². The van der Waals surface area contributed by atoms with Crippen LogP contribution in [0.4, 0.5) is 0 Å². The molecule has 0 aliphatic rings. The average molecular weight is 154 g/mol. The smallest absolute Gasteiger partial charge is 0.0500 e. The van der Waals surface area contributed by atoms with Crippen LogP contribution in [0.2, 0.25) is 0 Å². The molecule has 0 radical (unpaired) electrons. The molecule has 0 amide bonds. The fraction of sp³-hybridized carbons (Fsp3) is 0.556. The van der Waals surface area contributed by atoms with Crippen molar-refractivity contribution in [3.05, 3.63) is 24.0 Å². The van der Waals surface area contributed by atoms with E-state index in [0.29, 0.717) is 6.04 Å². The maximum absolute atomic E-state index is 5.68. The molecule has 0 fully saturated rings. The topological polar surface area (TPSA) is 29.3 Å². The summed E-state index contributed by atoms with van der Waals surface area (Å²) in [4.78, 5) is 2.12. The molecule has 0 rings (SSSR count). The molecule has 0 bridgehead atoms. The Morgan fingerprint density at radius 2 is 2.00 bits per heavy atom. The Hall–Kier alpha value is -0.920. The molecular formula is C9H18N2. The van der Waals surface area contributed by atoms with Crippen molar-refractivity contribution < 1.29 is 0 Å². The Bertz CT molecular complexity index is 168. The number of rotatable bonds is 3. The molecule has 11 heavy (non-hydrogen) atoms. The first-order chi connectivity index (χ1) is 5.00. The van der Waals surface area contributed by atoms with Crippen molar-refractivity contribution in [1.29, 1.82) is 0 Å². The highest BCUT2D eigenvalue weighted by atomic mass is 15.1. The summed E-state index contributed by atoms with van der Waals surface area (Å²) in [6, 6.07) is 0.480. The summed E-state index contributed by atoms with van der Waals surface area (Å²) < 4.78 is 0. The van der Waals surface area contributed by atoms with Gasteiger partial charge >= 0.3 is 0 Å². The summed E-state index contributed by atoms with van der Waals surface area (Å²) in [7, 11) is 2.02. The van der Waals surface area contributed by atoms with Gasteiger partial charge in [-0.3, -0.25) is 0 Å². The molecule has 0 aliphatic heterocycles. The molecular weight excluding hydrogens is 136 g/mol. The summed E-state index contributed by atoms with van der Waals surface area (Å²) in [5.74, 6) is 0. The second-order valence-electron chi connectivity index (χ2n) is 2.95. The largest absolute Gasteiger partial charge is 0.397 e. The molecule has 0 spiro atoms. The van der Waals surface area contributed by atoms with Crippen molar-refractivity contribution in [1.82, 2.24) is 4.90 Å². The molecule has 2 heteroatoms. The molecule has 0 aromatic carbocycles. The van der Waals surface area contributed by atoms with Gasteiger partial charge in [-0.25, -0.2) is 0 Å². The van der Waals surface area contributed by atoms with Crippen molar-refractivity contribution in [2.75, 3.05) is 7.05 Å². The third-order valence-corrected chi connectivity index (χ3v) is 1.94. The SMILES string of the molecule is C=C/C(N)=C(/C)N(C)C(C)C. The molecule has 0 heterocycles. The van der Waals surface area contributed by atoms with Crippen LogP contribution in [0.3, 0.4) is 0 Å². The second-order valence-corrected chi connectivity index (χ2v) is 2.95. The molecule has 0 aromatic heterocycles. The van der Waals surface area contributed by atoms with E-state index in [1.807, 2.05) is 14.0 Å². The van der Waals surface area contributed by atoms with E-state index in [0.717, 1.165) is 11.4 Å². The van der Waals surface area contributed by atoms with E-state index in [1.165, 1.54) is 0 Å². The molecule has 2 N–H and O–H groups in total. The van der Waals surface area contributed by atoms with E-state index in [2.05, 4.69) is 25.3 Å². The third-order valence-electron chi connectivity index (χ3n) is 1.94. The van der Waals surface area contributed by atoms with Crippen LogP contribution in [-0.2, 0) is 0 Å². The maximum atomic E-state index is 5.68. The lowest BCUT2D eigenvalue weighted by molar-refractivity contribution is 0.342.